The number of nitrogens with zero attached hydrogens (tertiary/aromatic N) is 2. The largest absolute Gasteiger partial charge is 0.448 e. The van der Waals surface area contributed by atoms with Crippen LogP contribution in [0.5, 0.6) is 0 Å². The average Bonchev–Trinajstić information content (AvgIpc) is 3.37. The maximum absolute atomic E-state index is 13.2. The number of rotatable bonds is 4. The summed E-state index contributed by atoms with van der Waals surface area (Å²) in [6, 6.07) is 18.1. The van der Waals surface area contributed by atoms with E-state index in [1.807, 2.05) is 24.3 Å². The lowest BCUT2D eigenvalue weighted by molar-refractivity contribution is -0.137. The highest BCUT2D eigenvalue weighted by molar-refractivity contribution is 5.96. The first-order chi connectivity index (χ1) is 17.8. The molecule has 0 saturated carbocycles. The van der Waals surface area contributed by atoms with E-state index in [0.717, 1.165) is 47.2 Å². The molecule has 2 aromatic carbocycles. The molecule has 1 aliphatic carbocycles. The Kier molecular flexibility index (Phi) is 5.77. The van der Waals surface area contributed by atoms with Gasteiger partial charge < -0.3 is 9.64 Å². The van der Waals surface area contributed by atoms with E-state index < -0.39 is 11.7 Å². The van der Waals surface area contributed by atoms with Crippen molar-refractivity contribution >= 4 is 11.9 Å². The molecule has 190 valence electrons. The smallest absolute Gasteiger partial charge is 0.417 e. The predicted octanol–water partition coefficient (Wildman–Crippen LogP) is 6.48. The standard InChI is InChI=1S/C29H25F3N2O3/c30-29(31,32)18-9-12-26(33-15-18)27(35)17-13-19-10-11-20(14-17)34(19)28(36)37-16-25-23-7-3-1-5-21(23)22-6-2-4-8-24(22)25/h1-9,12,15,17,19-20,25H,10-11,13-14,16H2. The van der Waals surface area contributed by atoms with Crippen LogP contribution in [0.4, 0.5) is 18.0 Å². The summed E-state index contributed by atoms with van der Waals surface area (Å²) in [7, 11) is 0. The summed E-state index contributed by atoms with van der Waals surface area (Å²) in [6.07, 6.45) is -1.69. The van der Waals surface area contributed by atoms with Gasteiger partial charge in [-0.15, -0.1) is 0 Å². The zero-order valence-electron chi connectivity index (χ0n) is 19.9. The van der Waals surface area contributed by atoms with Gasteiger partial charge in [0.2, 0.25) is 0 Å². The molecule has 1 amide bonds. The third kappa shape index (κ3) is 4.18. The molecule has 6 rings (SSSR count). The number of aromatic nitrogens is 1. The second-order valence-corrected chi connectivity index (χ2v) is 10.1. The number of ether oxygens (including phenoxy) is 1. The third-order valence-corrected chi connectivity index (χ3v) is 7.99. The maximum Gasteiger partial charge on any atom is 0.417 e. The quantitative estimate of drug-likeness (QED) is 0.380. The molecule has 0 spiro atoms. The Morgan fingerprint density at radius 2 is 1.49 bits per heavy atom. The Hall–Kier alpha value is -3.68. The SMILES string of the molecule is O=C(c1ccc(C(F)(F)F)cn1)C1CC2CCC(C1)N2C(=O)OCC1c2ccccc2-c2ccccc21. The average molecular weight is 507 g/mol. The van der Waals surface area contributed by atoms with Crippen molar-refractivity contribution in [3.63, 3.8) is 0 Å². The number of benzene rings is 2. The van der Waals surface area contributed by atoms with Crippen LogP contribution in [0.3, 0.4) is 0 Å². The van der Waals surface area contributed by atoms with E-state index in [4.69, 9.17) is 4.74 Å². The van der Waals surface area contributed by atoms with Gasteiger partial charge in [-0.05, 0) is 60.1 Å². The number of ketones is 1. The minimum Gasteiger partial charge on any atom is -0.448 e. The van der Waals surface area contributed by atoms with Crippen LogP contribution in [0.15, 0.2) is 66.9 Å². The molecule has 3 aliphatic rings. The number of fused-ring (bicyclic) bond motifs is 5. The second kappa shape index (κ2) is 9.01. The van der Waals surface area contributed by atoms with Crippen molar-refractivity contribution in [3.05, 3.63) is 89.2 Å². The van der Waals surface area contributed by atoms with Crippen LogP contribution in [0.25, 0.3) is 11.1 Å². The lowest BCUT2D eigenvalue weighted by Gasteiger charge is -2.37. The van der Waals surface area contributed by atoms with Crippen molar-refractivity contribution in [1.29, 1.82) is 0 Å². The third-order valence-electron chi connectivity index (χ3n) is 7.99. The van der Waals surface area contributed by atoms with E-state index in [1.165, 1.54) is 0 Å². The van der Waals surface area contributed by atoms with Gasteiger partial charge in [0, 0.05) is 30.1 Å². The van der Waals surface area contributed by atoms with Gasteiger partial charge in [-0.2, -0.15) is 13.2 Å². The highest BCUT2D eigenvalue weighted by Gasteiger charge is 2.46. The van der Waals surface area contributed by atoms with Crippen molar-refractivity contribution in [2.75, 3.05) is 6.61 Å². The fraction of sp³-hybridized carbons (Fsp3) is 0.345. The van der Waals surface area contributed by atoms with Crippen LogP contribution < -0.4 is 0 Å². The minimum absolute atomic E-state index is 0.0288. The van der Waals surface area contributed by atoms with Gasteiger partial charge in [-0.3, -0.25) is 9.78 Å². The van der Waals surface area contributed by atoms with Gasteiger partial charge in [-0.1, -0.05) is 48.5 Å². The topological polar surface area (TPSA) is 59.5 Å². The molecule has 2 unspecified atom stereocenters. The second-order valence-electron chi connectivity index (χ2n) is 10.1. The first-order valence-corrected chi connectivity index (χ1v) is 12.5. The molecule has 2 atom stereocenters. The Balaban J connectivity index is 1.12. The number of alkyl halides is 3. The van der Waals surface area contributed by atoms with Crippen molar-refractivity contribution in [2.24, 2.45) is 5.92 Å². The normalized spacial score (nSPS) is 22.5. The number of pyridine rings is 1. The number of halogens is 3. The maximum atomic E-state index is 13.2. The van der Waals surface area contributed by atoms with E-state index in [9.17, 15) is 22.8 Å². The van der Waals surface area contributed by atoms with Crippen LogP contribution in [0.1, 0.15) is 58.8 Å². The Labute approximate surface area is 212 Å². The van der Waals surface area contributed by atoms with Crippen molar-refractivity contribution < 1.29 is 27.5 Å². The lowest BCUT2D eigenvalue weighted by Crippen LogP contribution is -2.48. The molecular formula is C29H25F3N2O3. The van der Waals surface area contributed by atoms with E-state index in [0.29, 0.717) is 19.0 Å². The molecule has 1 aromatic heterocycles. The Morgan fingerprint density at radius 1 is 0.892 bits per heavy atom. The van der Waals surface area contributed by atoms with Crippen LogP contribution in [0, 0.1) is 5.92 Å². The van der Waals surface area contributed by atoms with Gasteiger partial charge in [0.25, 0.3) is 0 Å². The highest BCUT2D eigenvalue weighted by Crippen LogP contribution is 2.45. The highest BCUT2D eigenvalue weighted by atomic mass is 19.4. The molecule has 5 nitrogen and oxygen atoms in total. The van der Waals surface area contributed by atoms with Crippen LogP contribution in [-0.2, 0) is 10.9 Å². The van der Waals surface area contributed by atoms with Crippen LogP contribution >= 0.6 is 0 Å². The summed E-state index contributed by atoms with van der Waals surface area (Å²) in [4.78, 5) is 31.8. The number of carbonyl (C=O) groups excluding carboxylic acids is 2. The van der Waals surface area contributed by atoms with Gasteiger partial charge in [0.05, 0.1) is 5.56 Å². The number of hydrogen-bond donors (Lipinski definition) is 0. The summed E-state index contributed by atoms with van der Waals surface area (Å²) in [6.45, 7) is 0.237. The van der Waals surface area contributed by atoms with Crippen LogP contribution in [-0.4, -0.2) is 40.5 Å². The van der Waals surface area contributed by atoms with E-state index >= 15 is 0 Å². The first kappa shape index (κ1) is 23.7. The zero-order valence-corrected chi connectivity index (χ0v) is 19.9. The minimum atomic E-state index is -4.50. The fourth-order valence-corrected chi connectivity index (χ4v) is 6.27. The van der Waals surface area contributed by atoms with Crippen molar-refractivity contribution in [2.45, 2.75) is 49.9 Å². The lowest BCUT2D eigenvalue weighted by atomic mass is 9.86. The van der Waals surface area contributed by atoms with Crippen molar-refractivity contribution in [3.8, 4) is 11.1 Å². The molecule has 37 heavy (non-hydrogen) atoms. The molecular weight excluding hydrogens is 481 g/mol. The van der Waals surface area contributed by atoms with E-state index in [-0.39, 0.29) is 48.1 Å². The fourth-order valence-electron chi connectivity index (χ4n) is 6.27. The summed E-state index contributed by atoms with van der Waals surface area (Å²) in [5.74, 6) is -0.670. The number of carbonyl (C=O) groups is 2. The van der Waals surface area contributed by atoms with E-state index in [2.05, 4.69) is 29.2 Å². The molecule has 2 fully saturated rings. The number of amides is 1. The number of hydrogen-bond acceptors (Lipinski definition) is 4. The Morgan fingerprint density at radius 3 is 2.03 bits per heavy atom. The first-order valence-electron chi connectivity index (χ1n) is 12.5. The van der Waals surface area contributed by atoms with Gasteiger partial charge in [0.1, 0.15) is 12.3 Å². The van der Waals surface area contributed by atoms with Gasteiger partial charge in [-0.25, -0.2) is 4.79 Å². The zero-order chi connectivity index (χ0) is 25.7. The summed E-state index contributed by atoms with van der Waals surface area (Å²) in [5.41, 5.74) is 3.77. The molecule has 0 radical (unpaired) electrons. The number of piperidine rings is 1. The molecule has 3 heterocycles. The summed E-state index contributed by atoms with van der Waals surface area (Å²) >= 11 is 0. The molecule has 0 N–H and O–H groups in total. The van der Waals surface area contributed by atoms with Gasteiger partial charge in [0.15, 0.2) is 5.78 Å². The molecule has 2 aliphatic heterocycles. The summed E-state index contributed by atoms with van der Waals surface area (Å²) in [5, 5.41) is 0. The number of Topliss-reactive ketones (excluding diaryl/α,β-unsaturated/α-hetero) is 1. The molecule has 8 heteroatoms. The van der Waals surface area contributed by atoms with Crippen LogP contribution in [0.2, 0.25) is 0 Å². The monoisotopic (exact) mass is 506 g/mol. The Bertz CT molecular complexity index is 1300. The molecule has 3 aromatic rings. The van der Waals surface area contributed by atoms with Crippen molar-refractivity contribution in [1.82, 2.24) is 9.88 Å². The van der Waals surface area contributed by atoms with E-state index in [1.54, 1.807) is 4.90 Å². The summed E-state index contributed by atoms with van der Waals surface area (Å²) < 4.78 is 44.4. The molecule has 2 bridgehead atoms. The van der Waals surface area contributed by atoms with Gasteiger partial charge >= 0.3 is 12.3 Å². The predicted molar refractivity (Wildman–Crippen MR) is 130 cm³/mol. The molecule has 2 saturated heterocycles.